The maximum atomic E-state index is 12.2. The van der Waals surface area contributed by atoms with E-state index in [4.69, 9.17) is 0 Å². The van der Waals surface area contributed by atoms with Gasteiger partial charge in [0.05, 0.1) is 21.3 Å². The Hall–Kier alpha value is -1.54. The van der Waals surface area contributed by atoms with E-state index in [9.17, 15) is 30.0 Å². The van der Waals surface area contributed by atoms with Crippen molar-refractivity contribution in [3.05, 3.63) is 24.3 Å². The molecule has 0 radical (unpaired) electrons. The summed E-state index contributed by atoms with van der Waals surface area (Å²) in [7, 11) is -10.9. The van der Waals surface area contributed by atoms with Gasteiger partial charge in [-0.25, -0.2) is 30.0 Å². The molecular formula is C15H21N3O7S3. The molecule has 1 aliphatic heterocycles. The largest absolute Gasteiger partial charge is 0.278 e. The molecule has 13 heteroatoms. The zero-order valence-electron chi connectivity index (χ0n) is 14.8. The third-order valence-electron chi connectivity index (χ3n) is 4.47. The van der Waals surface area contributed by atoms with Gasteiger partial charge < -0.3 is 0 Å². The molecule has 2 fully saturated rings. The highest BCUT2D eigenvalue weighted by Gasteiger charge is 2.30. The van der Waals surface area contributed by atoms with E-state index in [0.717, 1.165) is 25.0 Å². The van der Waals surface area contributed by atoms with Crippen LogP contribution in [0.5, 0.6) is 0 Å². The van der Waals surface area contributed by atoms with E-state index < -0.39 is 35.8 Å². The molecule has 1 saturated carbocycles. The third kappa shape index (κ3) is 5.50. The van der Waals surface area contributed by atoms with Crippen LogP contribution < -0.4 is 15.0 Å². The SMILES string of the molecule is O=C(C[C@@H]1CCS(=O)(=O)C1)NNS(=O)(=O)c1ccc(S(=O)(=O)NC2CC2)cc1. The number of rotatable bonds is 8. The average Bonchev–Trinajstić information content (AvgIpc) is 3.34. The highest BCUT2D eigenvalue weighted by atomic mass is 32.2. The molecule has 3 rings (SSSR count). The highest BCUT2D eigenvalue weighted by molar-refractivity contribution is 7.91. The Morgan fingerprint density at radius 1 is 0.964 bits per heavy atom. The van der Waals surface area contributed by atoms with E-state index in [0.29, 0.717) is 6.42 Å². The number of hydrogen-bond donors (Lipinski definition) is 3. The maximum Gasteiger partial charge on any atom is 0.257 e. The number of carbonyl (C=O) groups excluding carboxylic acids is 1. The second-order valence-electron chi connectivity index (χ2n) is 6.99. The zero-order valence-corrected chi connectivity index (χ0v) is 17.2. The van der Waals surface area contributed by atoms with Crippen molar-refractivity contribution in [2.24, 2.45) is 5.92 Å². The molecule has 1 amide bonds. The topological polar surface area (TPSA) is 156 Å². The molecule has 0 spiro atoms. The summed E-state index contributed by atoms with van der Waals surface area (Å²) in [6.45, 7) is 0. The summed E-state index contributed by atoms with van der Waals surface area (Å²) in [4.78, 5) is 13.5. The molecule has 1 heterocycles. The normalized spacial score (nSPS) is 22.1. The summed E-state index contributed by atoms with van der Waals surface area (Å²) in [5.41, 5.74) is 2.05. The van der Waals surface area contributed by atoms with Gasteiger partial charge in [-0.15, -0.1) is 4.83 Å². The van der Waals surface area contributed by atoms with Gasteiger partial charge in [-0.05, 0) is 49.4 Å². The van der Waals surface area contributed by atoms with Crippen LogP contribution in [-0.4, -0.2) is 48.7 Å². The number of hydrogen-bond acceptors (Lipinski definition) is 7. The van der Waals surface area contributed by atoms with E-state index in [1.54, 1.807) is 0 Å². The van der Waals surface area contributed by atoms with Gasteiger partial charge in [0.25, 0.3) is 10.0 Å². The lowest BCUT2D eigenvalue weighted by Gasteiger charge is -2.11. The van der Waals surface area contributed by atoms with E-state index in [1.807, 2.05) is 4.83 Å². The summed E-state index contributed by atoms with van der Waals surface area (Å²) < 4.78 is 73.9. The maximum absolute atomic E-state index is 12.2. The first-order valence-electron chi connectivity index (χ1n) is 8.60. The van der Waals surface area contributed by atoms with Crippen molar-refractivity contribution in [3.8, 4) is 0 Å². The van der Waals surface area contributed by atoms with Crippen LogP contribution in [0.1, 0.15) is 25.7 Å². The summed E-state index contributed by atoms with van der Waals surface area (Å²) in [5.74, 6) is -1.03. The molecule has 28 heavy (non-hydrogen) atoms. The quantitative estimate of drug-likeness (QED) is 0.440. The minimum atomic E-state index is -4.10. The van der Waals surface area contributed by atoms with Crippen molar-refractivity contribution >= 4 is 35.8 Å². The first kappa shape index (κ1) is 21.2. The predicted octanol–water partition coefficient (Wildman–Crippen LogP) is -0.738. The fourth-order valence-corrected chi connectivity index (χ4v) is 6.84. The Balaban J connectivity index is 1.57. The number of benzene rings is 1. The number of sulfonamides is 2. The molecule has 0 unspecified atom stereocenters. The van der Waals surface area contributed by atoms with Gasteiger partial charge in [0.2, 0.25) is 15.9 Å². The lowest BCUT2D eigenvalue weighted by atomic mass is 10.1. The van der Waals surface area contributed by atoms with Crippen LogP contribution in [0.15, 0.2) is 34.1 Å². The Bertz CT molecular complexity index is 1060. The predicted molar refractivity (Wildman–Crippen MR) is 99.6 cm³/mol. The van der Waals surface area contributed by atoms with E-state index in [-0.39, 0.29) is 39.7 Å². The number of nitrogens with one attached hydrogen (secondary N) is 3. The van der Waals surface area contributed by atoms with Crippen molar-refractivity contribution in [1.29, 1.82) is 0 Å². The number of hydrazine groups is 1. The molecule has 1 aromatic carbocycles. The minimum absolute atomic E-state index is 0.0293. The lowest BCUT2D eigenvalue weighted by Crippen LogP contribution is -2.42. The Morgan fingerprint density at radius 2 is 1.54 bits per heavy atom. The summed E-state index contributed by atoms with van der Waals surface area (Å²) in [5, 5.41) is 0. The van der Waals surface area contributed by atoms with E-state index in [1.165, 1.54) is 12.1 Å². The van der Waals surface area contributed by atoms with Crippen molar-refractivity contribution in [3.63, 3.8) is 0 Å². The molecule has 0 bridgehead atoms. The van der Waals surface area contributed by atoms with E-state index >= 15 is 0 Å². The smallest absolute Gasteiger partial charge is 0.257 e. The average molecular weight is 452 g/mol. The van der Waals surface area contributed by atoms with Crippen molar-refractivity contribution in [2.45, 2.75) is 41.5 Å². The number of amides is 1. The third-order valence-corrected chi connectivity index (χ3v) is 9.11. The van der Waals surface area contributed by atoms with Crippen LogP contribution in [0.3, 0.4) is 0 Å². The van der Waals surface area contributed by atoms with Gasteiger partial charge in [0, 0.05) is 12.5 Å². The number of sulfone groups is 1. The molecule has 1 aromatic rings. The zero-order chi connectivity index (χ0) is 20.6. The molecule has 3 N–H and O–H groups in total. The van der Waals surface area contributed by atoms with Crippen molar-refractivity contribution in [2.75, 3.05) is 11.5 Å². The van der Waals surface area contributed by atoms with Crippen molar-refractivity contribution < 1.29 is 30.0 Å². The van der Waals surface area contributed by atoms with Crippen LogP contribution >= 0.6 is 0 Å². The monoisotopic (exact) mass is 451 g/mol. The Kier molecular flexibility index (Phi) is 5.83. The number of carbonyl (C=O) groups is 1. The van der Waals surface area contributed by atoms with Gasteiger partial charge >= 0.3 is 0 Å². The van der Waals surface area contributed by atoms with Crippen LogP contribution in [-0.2, 0) is 34.7 Å². The Labute approximate surface area is 164 Å². The fraction of sp³-hybridized carbons (Fsp3) is 0.533. The van der Waals surface area contributed by atoms with E-state index in [2.05, 4.69) is 10.1 Å². The Morgan fingerprint density at radius 3 is 2.04 bits per heavy atom. The van der Waals surface area contributed by atoms with Gasteiger partial charge in [-0.1, -0.05) is 0 Å². The first-order valence-corrected chi connectivity index (χ1v) is 13.4. The summed E-state index contributed by atoms with van der Waals surface area (Å²) in [6.07, 6.45) is 1.82. The molecule has 0 aromatic heterocycles. The van der Waals surface area contributed by atoms with Crippen molar-refractivity contribution in [1.82, 2.24) is 15.0 Å². The van der Waals surface area contributed by atoms with Gasteiger partial charge in [0.1, 0.15) is 0 Å². The van der Waals surface area contributed by atoms with Crippen LogP contribution in [0.25, 0.3) is 0 Å². The molecule has 2 aliphatic rings. The summed E-state index contributed by atoms with van der Waals surface area (Å²) >= 11 is 0. The lowest BCUT2D eigenvalue weighted by molar-refractivity contribution is -0.122. The van der Waals surface area contributed by atoms with Crippen LogP contribution in [0, 0.1) is 5.92 Å². The second-order valence-corrected chi connectivity index (χ2v) is 12.6. The molecule has 156 valence electrons. The van der Waals surface area contributed by atoms with Gasteiger partial charge in [0.15, 0.2) is 9.84 Å². The minimum Gasteiger partial charge on any atom is -0.278 e. The fourth-order valence-electron chi connectivity index (χ4n) is 2.82. The second kappa shape index (κ2) is 7.71. The van der Waals surface area contributed by atoms with Crippen LogP contribution in [0.2, 0.25) is 0 Å². The van der Waals surface area contributed by atoms with Crippen LogP contribution in [0.4, 0.5) is 0 Å². The highest BCUT2D eigenvalue weighted by Crippen LogP contribution is 2.23. The first-order chi connectivity index (χ1) is 13.0. The molecule has 10 nitrogen and oxygen atoms in total. The van der Waals surface area contributed by atoms with Gasteiger partial charge in [-0.3, -0.25) is 10.2 Å². The molecule has 1 atom stereocenters. The molecule has 1 saturated heterocycles. The molecular weight excluding hydrogens is 430 g/mol. The molecule has 1 aliphatic carbocycles. The van der Waals surface area contributed by atoms with Gasteiger partial charge in [-0.2, -0.15) is 0 Å². The standard InChI is InChI=1S/C15H21N3O7S3/c19-15(9-11-7-8-26(20,21)10-11)16-18-28(24,25)14-5-3-13(4-6-14)27(22,23)17-12-1-2-12/h3-6,11-12,17-18H,1-2,7-10H2,(H,16,19)/t11-/m0/s1. The summed E-state index contributed by atoms with van der Waals surface area (Å²) in [6, 6.07) is 4.52.